The average molecular weight is 483 g/mol. The second-order valence-electron chi connectivity index (χ2n) is 10.5. The van der Waals surface area contributed by atoms with Crippen LogP contribution in [0.4, 0.5) is 0 Å². The largest absolute Gasteiger partial charge is 0.423 e. The van der Waals surface area contributed by atoms with Crippen molar-refractivity contribution >= 4 is 5.97 Å². The molecule has 3 aromatic rings. The molecule has 0 bridgehead atoms. The molecule has 0 atom stereocenters. The molecule has 1 aliphatic rings. The smallest absolute Gasteiger partial charge is 0.343 e. The highest BCUT2D eigenvalue weighted by Crippen LogP contribution is 2.38. The third-order valence-corrected chi connectivity index (χ3v) is 7.85. The van der Waals surface area contributed by atoms with Crippen LogP contribution in [-0.2, 0) is 6.42 Å². The summed E-state index contributed by atoms with van der Waals surface area (Å²) in [7, 11) is 0. The standard InChI is InChI=1S/C34H42O2/c1-3-5-7-9-27-10-14-28(15-11-27)29-16-18-30(19-17-29)31-20-22-32(23-21-31)34(35)36-33-24-12-26(13-25-33)8-6-4-2/h12-13,16-25,27-28H,3-11,14-15H2,1-2H3. The van der Waals surface area contributed by atoms with Gasteiger partial charge in [0.05, 0.1) is 5.56 Å². The maximum Gasteiger partial charge on any atom is 0.343 e. The number of ether oxygens (including phenoxy) is 1. The summed E-state index contributed by atoms with van der Waals surface area (Å²) in [6.45, 7) is 4.48. The lowest BCUT2D eigenvalue weighted by molar-refractivity contribution is 0.0734. The lowest BCUT2D eigenvalue weighted by atomic mass is 9.77. The van der Waals surface area contributed by atoms with E-state index in [2.05, 4.69) is 38.1 Å². The fraction of sp³-hybridized carbons (Fsp3) is 0.441. The fourth-order valence-corrected chi connectivity index (χ4v) is 5.48. The SMILES string of the molecule is CCCCCC1CCC(c2ccc(-c3ccc(C(=O)Oc4ccc(CCCC)cc4)cc3)cc2)CC1. The van der Waals surface area contributed by atoms with Crippen LogP contribution in [0.5, 0.6) is 5.75 Å². The Hall–Kier alpha value is -2.87. The second-order valence-corrected chi connectivity index (χ2v) is 10.5. The fourth-order valence-electron chi connectivity index (χ4n) is 5.48. The van der Waals surface area contributed by atoms with Gasteiger partial charge in [-0.05, 0) is 96.9 Å². The van der Waals surface area contributed by atoms with Gasteiger partial charge in [0.1, 0.15) is 5.75 Å². The molecule has 0 spiro atoms. The molecule has 0 aromatic heterocycles. The van der Waals surface area contributed by atoms with Gasteiger partial charge in [-0.2, -0.15) is 0 Å². The summed E-state index contributed by atoms with van der Waals surface area (Å²) in [6.07, 6.45) is 14.4. The van der Waals surface area contributed by atoms with Crippen molar-refractivity contribution in [2.24, 2.45) is 5.92 Å². The summed E-state index contributed by atoms with van der Waals surface area (Å²) >= 11 is 0. The van der Waals surface area contributed by atoms with Crippen LogP contribution < -0.4 is 4.74 Å². The first-order valence-corrected chi connectivity index (χ1v) is 14.2. The molecule has 0 radical (unpaired) electrons. The molecule has 3 aromatic carbocycles. The molecule has 1 fully saturated rings. The van der Waals surface area contributed by atoms with E-state index in [9.17, 15) is 4.79 Å². The van der Waals surface area contributed by atoms with Gasteiger partial charge < -0.3 is 4.74 Å². The minimum Gasteiger partial charge on any atom is -0.423 e. The number of hydrogen-bond donors (Lipinski definition) is 0. The van der Waals surface area contributed by atoms with E-state index in [0.717, 1.165) is 17.9 Å². The highest BCUT2D eigenvalue weighted by atomic mass is 16.5. The van der Waals surface area contributed by atoms with Gasteiger partial charge in [-0.1, -0.05) is 94.5 Å². The van der Waals surface area contributed by atoms with E-state index in [4.69, 9.17) is 4.74 Å². The highest BCUT2D eigenvalue weighted by Gasteiger charge is 2.22. The van der Waals surface area contributed by atoms with Crippen molar-refractivity contribution in [1.82, 2.24) is 0 Å². The molecule has 4 rings (SSSR count). The Morgan fingerprint density at radius 1 is 0.722 bits per heavy atom. The Kier molecular flexibility index (Phi) is 9.78. The Balaban J connectivity index is 1.29. The Bertz CT molecular complexity index is 1060. The number of hydrogen-bond acceptors (Lipinski definition) is 2. The minimum atomic E-state index is -0.316. The zero-order valence-corrected chi connectivity index (χ0v) is 22.2. The number of benzene rings is 3. The number of carbonyl (C=O) groups excluding carboxylic acids is 1. The number of rotatable bonds is 11. The lowest BCUT2D eigenvalue weighted by Crippen LogP contribution is -2.13. The Labute approximate surface area is 218 Å². The van der Waals surface area contributed by atoms with E-state index in [1.807, 2.05) is 48.5 Å². The molecule has 36 heavy (non-hydrogen) atoms. The second kappa shape index (κ2) is 13.4. The Morgan fingerprint density at radius 2 is 1.33 bits per heavy atom. The van der Waals surface area contributed by atoms with Crippen LogP contribution in [0.1, 0.15) is 105 Å². The van der Waals surface area contributed by atoms with E-state index in [1.54, 1.807) is 0 Å². The average Bonchev–Trinajstić information content (AvgIpc) is 2.93. The van der Waals surface area contributed by atoms with Crippen molar-refractivity contribution in [3.63, 3.8) is 0 Å². The first-order chi connectivity index (χ1) is 17.7. The molecular formula is C34H42O2. The first kappa shape index (κ1) is 26.2. The van der Waals surface area contributed by atoms with E-state index >= 15 is 0 Å². The third-order valence-electron chi connectivity index (χ3n) is 7.85. The predicted molar refractivity (Wildman–Crippen MR) is 151 cm³/mol. The van der Waals surface area contributed by atoms with Crippen molar-refractivity contribution < 1.29 is 9.53 Å². The van der Waals surface area contributed by atoms with Crippen LogP contribution in [0, 0.1) is 5.92 Å². The molecule has 1 aliphatic carbocycles. The zero-order chi connectivity index (χ0) is 25.2. The summed E-state index contributed by atoms with van der Waals surface area (Å²) in [5, 5.41) is 0. The lowest BCUT2D eigenvalue weighted by Gasteiger charge is -2.29. The molecular weight excluding hydrogens is 440 g/mol. The third kappa shape index (κ3) is 7.32. The van der Waals surface area contributed by atoms with Gasteiger partial charge in [-0.15, -0.1) is 0 Å². The number of unbranched alkanes of at least 4 members (excludes halogenated alkanes) is 3. The molecule has 0 amide bonds. The molecule has 0 unspecified atom stereocenters. The number of carbonyl (C=O) groups is 1. The monoisotopic (exact) mass is 482 g/mol. The molecule has 190 valence electrons. The summed E-state index contributed by atoms with van der Waals surface area (Å²) in [5.41, 5.74) is 5.64. The molecule has 2 nitrogen and oxygen atoms in total. The quantitative estimate of drug-likeness (QED) is 0.154. The highest BCUT2D eigenvalue weighted by molar-refractivity contribution is 5.91. The zero-order valence-electron chi connectivity index (χ0n) is 22.2. The summed E-state index contributed by atoms with van der Waals surface area (Å²) < 4.78 is 5.58. The molecule has 1 saturated carbocycles. The van der Waals surface area contributed by atoms with Crippen LogP contribution in [0.2, 0.25) is 0 Å². The summed E-state index contributed by atoms with van der Waals surface area (Å²) in [5.74, 6) is 1.93. The number of esters is 1. The molecule has 0 saturated heterocycles. The van der Waals surface area contributed by atoms with Gasteiger partial charge in [-0.25, -0.2) is 4.79 Å². The van der Waals surface area contributed by atoms with E-state index in [0.29, 0.717) is 17.2 Å². The van der Waals surface area contributed by atoms with Crippen molar-refractivity contribution in [3.8, 4) is 16.9 Å². The summed E-state index contributed by atoms with van der Waals surface area (Å²) in [4.78, 5) is 12.6. The maximum atomic E-state index is 12.6. The van der Waals surface area contributed by atoms with Crippen molar-refractivity contribution in [2.45, 2.75) is 90.4 Å². The van der Waals surface area contributed by atoms with E-state index < -0.39 is 0 Å². The molecule has 2 heteroatoms. The van der Waals surface area contributed by atoms with E-state index in [-0.39, 0.29) is 5.97 Å². The van der Waals surface area contributed by atoms with Gasteiger partial charge in [0, 0.05) is 0 Å². The molecule has 0 N–H and O–H groups in total. The first-order valence-electron chi connectivity index (χ1n) is 14.2. The van der Waals surface area contributed by atoms with Gasteiger partial charge in [0.25, 0.3) is 0 Å². The van der Waals surface area contributed by atoms with E-state index in [1.165, 1.54) is 80.9 Å². The van der Waals surface area contributed by atoms with Crippen LogP contribution in [0.15, 0.2) is 72.8 Å². The van der Waals surface area contributed by atoms with Gasteiger partial charge in [0.2, 0.25) is 0 Å². The van der Waals surface area contributed by atoms with Crippen LogP contribution in [0.3, 0.4) is 0 Å². The minimum absolute atomic E-state index is 0.316. The van der Waals surface area contributed by atoms with Gasteiger partial charge in [-0.3, -0.25) is 0 Å². The van der Waals surface area contributed by atoms with Crippen molar-refractivity contribution in [1.29, 1.82) is 0 Å². The molecule has 0 aliphatic heterocycles. The van der Waals surface area contributed by atoms with Crippen LogP contribution >= 0.6 is 0 Å². The maximum absolute atomic E-state index is 12.6. The van der Waals surface area contributed by atoms with Crippen molar-refractivity contribution in [3.05, 3.63) is 89.5 Å². The van der Waals surface area contributed by atoms with Crippen LogP contribution in [-0.4, -0.2) is 5.97 Å². The van der Waals surface area contributed by atoms with Crippen molar-refractivity contribution in [2.75, 3.05) is 0 Å². The topological polar surface area (TPSA) is 26.3 Å². The van der Waals surface area contributed by atoms with Gasteiger partial charge >= 0.3 is 5.97 Å². The number of aryl methyl sites for hydroxylation is 1. The van der Waals surface area contributed by atoms with Crippen LogP contribution in [0.25, 0.3) is 11.1 Å². The predicted octanol–water partition coefficient (Wildman–Crippen LogP) is 9.77. The molecule has 0 heterocycles. The normalized spacial score (nSPS) is 17.6. The Morgan fingerprint density at radius 3 is 1.94 bits per heavy atom. The summed E-state index contributed by atoms with van der Waals surface area (Å²) in [6, 6.07) is 24.7. The van der Waals surface area contributed by atoms with Gasteiger partial charge in [0.15, 0.2) is 0 Å².